The number of halogens is 2. The highest BCUT2D eigenvalue weighted by Crippen LogP contribution is 2.49. The lowest BCUT2D eigenvalue weighted by Gasteiger charge is -2.31. The first kappa shape index (κ1) is 27.0. The summed E-state index contributed by atoms with van der Waals surface area (Å²) in [5.74, 6) is -0.0649. The second kappa shape index (κ2) is 10.9. The highest BCUT2D eigenvalue weighted by Gasteiger charge is 2.32. The number of likely N-dealkylation sites (tertiary alicyclic amines) is 1. The first-order chi connectivity index (χ1) is 18.6. The number of aromatic hydroxyl groups is 1. The number of carbonyl (C=O) groups excluding carboxylic acids is 1. The molecule has 5 rings (SSSR count). The number of benzene rings is 3. The number of nitrogens with zero attached hydrogens (tertiary/aromatic N) is 1. The molecule has 3 aromatic rings. The van der Waals surface area contributed by atoms with Crippen molar-refractivity contribution in [1.29, 1.82) is 0 Å². The van der Waals surface area contributed by atoms with Crippen LogP contribution < -0.4 is 15.2 Å². The minimum absolute atomic E-state index is 0.182. The Hall–Kier alpha value is -3.55. The summed E-state index contributed by atoms with van der Waals surface area (Å²) in [6.45, 7) is 9.03. The molecule has 0 bridgehead atoms. The van der Waals surface area contributed by atoms with Crippen LogP contribution in [0, 0.1) is 11.7 Å². The Labute approximate surface area is 232 Å². The zero-order valence-electron chi connectivity index (χ0n) is 22.2. The molecule has 0 saturated carbocycles. The molecule has 204 valence electrons. The summed E-state index contributed by atoms with van der Waals surface area (Å²) in [5.41, 5.74) is 8.53. The molecule has 1 fully saturated rings. The van der Waals surface area contributed by atoms with Crippen molar-refractivity contribution in [2.45, 2.75) is 39.3 Å². The maximum absolute atomic E-state index is 15.1. The molecule has 1 amide bonds. The fourth-order valence-electron chi connectivity index (χ4n) is 5.43. The molecule has 3 N–H and O–H groups in total. The van der Waals surface area contributed by atoms with E-state index >= 15 is 4.39 Å². The lowest BCUT2D eigenvalue weighted by Crippen LogP contribution is -2.35. The maximum Gasteiger partial charge on any atom is 0.250 e. The van der Waals surface area contributed by atoms with Gasteiger partial charge in [-0.25, -0.2) is 4.39 Å². The van der Waals surface area contributed by atoms with Gasteiger partial charge in [0.2, 0.25) is 5.91 Å². The van der Waals surface area contributed by atoms with Crippen LogP contribution in [-0.4, -0.2) is 41.7 Å². The van der Waals surface area contributed by atoms with Gasteiger partial charge < -0.3 is 20.3 Å². The molecule has 0 spiro atoms. The van der Waals surface area contributed by atoms with E-state index in [2.05, 4.69) is 18.7 Å². The first-order valence-electron chi connectivity index (χ1n) is 13.1. The topological polar surface area (TPSA) is 85.0 Å². The van der Waals surface area contributed by atoms with Crippen LogP contribution in [0.5, 0.6) is 17.2 Å². The molecule has 0 aromatic heterocycles. The Balaban J connectivity index is 1.47. The molecular formula is C31H32ClFN2O4. The van der Waals surface area contributed by atoms with Crippen molar-refractivity contribution in [3.63, 3.8) is 0 Å². The van der Waals surface area contributed by atoms with Crippen molar-refractivity contribution in [2.24, 2.45) is 11.7 Å². The lowest BCUT2D eigenvalue weighted by molar-refractivity contribution is 0.100. The Morgan fingerprint density at radius 3 is 2.62 bits per heavy atom. The zero-order chi connectivity index (χ0) is 27.8. The van der Waals surface area contributed by atoms with Gasteiger partial charge >= 0.3 is 0 Å². The van der Waals surface area contributed by atoms with Crippen molar-refractivity contribution >= 4 is 28.7 Å². The van der Waals surface area contributed by atoms with Gasteiger partial charge in [-0.2, -0.15) is 0 Å². The van der Waals surface area contributed by atoms with Crippen LogP contribution in [0.4, 0.5) is 4.39 Å². The van der Waals surface area contributed by atoms with Gasteiger partial charge in [0.05, 0.1) is 16.1 Å². The SMILES string of the molecule is CC1=C(c2ccc(C(N)=O)c(Cl)c2)C(c2ccc(OCC(C)N3CCC(C)C3)cc2)Oc2ccc(O)c(F)c21. The number of hydrogen-bond donors (Lipinski definition) is 2. The van der Waals surface area contributed by atoms with E-state index < -0.39 is 23.6 Å². The molecule has 0 aliphatic carbocycles. The Morgan fingerprint density at radius 1 is 1.23 bits per heavy atom. The van der Waals surface area contributed by atoms with Crippen LogP contribution in [0.3, 0.4) is 0 Å². The monoisotopic (exact) mass is 550 g/mol. The van der Waals surface area contributed by atoms with E-state index in [0.717, 1.165) is 30.3 Å². The number of amides is 1. The van der Waals surface area contributed by atoms with Crippen molar-refractivity contribution in [1.82, 2.24) is 4.90 Å². The summed E-state index contributed by atoms with van der Waals surface area (Å²) in [7, 11) is 0. The molecule has 3 aromatic carbocycles. The summed E-state index contributed by atoms with van der Waals surface area (Å²) >= 11 is 6.38. The maximum atomic E-state index is 15.1. The van der Waals surface area contributed by atoms with Crippen molar-refractivity contribution in [3.8, 4) is 17.2 Å². The average molecular weight is 551 g/mol. The first-order valence-corrected chi connectivity index (χ1v) is 13.5. The van der Waals surface area contributed by atoms with E-state index in [4.69, 9.17) is 26.8 Å². The quantitative estimate of drug-likeness (QED) is 0.353. The van der Waals surface area contributed by atoms with Crippen LogP contribution in [-0.2, 0) is 0 Å². The van der Waals surface area contributed by atoms with Gasteiger partial charge in [-0.05, 0) is 85.8 Å². The molecule has 39 heavy (non-hydrogen) atoms. The molecule has 2 heterocycles. The lowest BCUT2D eigenvalue weighted by atomic mass is 9.85. The summed E-state index contributed by atoms with van der Waals surface area (Å²) in [4.78, 5) is 14.2. The fraction of sp³-hybridized carbons (Fsp3) is 0.323. The van der Waals surface area contributed by atoms with E-state index in [1.54, 1.807) is 31.2 Å². The van der Waals surface area contributed by atoms with Gasteiger partial charge in [-0.1, -0.05) is 36.7 Å². The average Bonchev–Trinajstić information content (AvgIpc) is 3.35. The minimum atomic E-state index is -0.758. The zero-order valence-corrected chi connectivity index (χ0v) is 23.0. The van der Waals surface area contributed by atoms with E-state index in [9.17, 15) is 9.90 Å². The van der Waals surface area contributed by atoms with Crippen LogP contribution in [0.25, 0.3) is 11.1 Å². The third kappa shape index (κ3) is 5.34. The number of fused-ring (bicyclic) bond motifs is 1. The second-order valence-corrected chi connectivity index (χ2v) is 10.9. The smallest absolute Gasteiger partial charge is 0.250 e. The Kier molecular flexibility index (Phi) is 7.56. The van der Waals surface area contributed by atoms with E-state index in [1.165, 1.54) is 12.5 Å². The number of phenolic OH excluding ortho intramolecular Hbond substituents is 1. The number of carbonyl (C=O) groups is 1. The van der Waals surface area contributed by atoms with Crippen molar-refractivity contribution in [2.75, 3.05) is 19.7 Å². The highest BCUT2D eigenvalue weighted by molar-refractivity contribution is 6.34. The normalized spacial score (nSPS) is 19.9. The van der Waals surface area contributed by atoms with Crippen molar-refractivity contribution < 1.29 is 23.8 Å². The second-order valence-electron chi connectivity index (χ2n) is 10.5. The predicted molar refractivity (Wildman–Crippen MR) is 151 cm³/mol. The molecule has 2 aliphatic rings. The van der Waals surface area contributed by atoms with E-state index in [0.29, 0.717) is 35.1 Å². The molecule has 8 heteroatoms. The molecule has 3 unspecified atom stereocenters. The molecule has 6 nitrogen and oxygen atoms in total. The van der Waals surface area contributed by atoms with Gasteiger partial charge in [0.15, 0.2) is 11.6 Å². The number of hydrogen-bond acceptors (Lipinski definition) is 5. The summed E-state index contributed by atoms with van der Waals surface area (Å²) in [6, 6.07) is 15.7. The molecule has 0 radical (unpaired) electrons. The van der Waals surface area contributed by atoms with Gasteiger partial charge in [0, 0.05) is 18.2 Å². The highest BCUT2D eigenvalue weighted by atomic mass is 35.5. The summed E-state index contributed by atoms with van der Waals surface area (Å²) in [6.07, 6.45) is 0.620. The van der Waals surface area contributed by atoms with Crippen LogP contribution in [0.2, 0.25) is 5.02 Å². The Morgan fingerprint density at radius 2 is 1.97 bits per heavy atom. The number of phenols is 1. The minimum Gasteiger partial charge on any atom is -0.505 e. The number of primary amides is 1. The third-order valence-electron chi connectivity index (χ3n) is 7.67. The molecule has 3 atom stereocenters. The molecular weight excluding hydrogens is 519 g/mol. The van der Waals surface area contributed by atoms with Crippen LogP contribution in [0.15, 0.2) is 54.6 Å². The number of ether oxygens (including phenoxy) is 2. The fourth-order valence-corrected chi connectivity index (χ4v) is 5.70. The number of rotatable bonds is 7. The molecule has 2 aliphatic heterocycles. The summed E-state index contributed by atoms with van der Waals surface area (Å²) in [5, 5.41) is 10.2. The van der Waals surface area contributed by atoms with E-state index in [-0.39, 0.29) is 16.1 Å². The van der Waals surface area contributed by atoms with Gasteiger partial charge in [-0.15, -0.1) is 0 Å². The van der Waals surface area contributed by atoms with Gasteiger partial charge in [-0.3, -0.25) is 9.69 Å². The van der Waals surface area contributed by atoms with Gasteiger partial charge in [0.1, 0.15) is 24.2 Å². The molecule has 1 saturated heterocycles. The number of nitrogens with two attached hydrogens (primary N) is 1. The summed E-state index contributed by atoms with van der Waals surface area (Å²) < 4.78 is 27.5. The van der Waals surface area contributed by atoms with Crippen LogP contribution in [0.1, 0.15) is 60.3 Å². The standard InChI is InChI=1S/C31H32ClFN2O4/c1-17-12-13-35(15-17)18(2)16-38-22-7-4-20(5-8-22)30-27(21-6-9-23(31(34)37)24(32)14-21)19(3)28-26(39-30)11-10-25(36)29(28)33/h4-11,14,17-18,30,36H,12-13,15-16H2,1-3H3,(H2,34,37). The Bertz CT molecular complexity index is 1440. The van der Waals surface area contributed by atoms with Crippen LogP contribution >= 0.6 is 11.6 Å². The van der Waals surface area contributed by atoms with Gasteiger partial charge in [0.25, 0.3) is 0 Å². The number of allylic oxidation sites excluding steroid dienone is 1. The predicted octanol–water partition coefficient (Wildman–Crippen LogP) is 6.46. The van der Waals surface area contributed by atoms with E-state index in [1.807, 2.05) is 24.3 Å². The third-order valence-corrected chi connectivity index (χ3v) is 7.98. The van der Waals surface area contributed by atoms with Crippen molar-refractivity contribution in [3.05, 3.63) is 87.7 Å². The largest absolute Gasteiger partial charge is 0.505 e.